The van der Waals surface area contributed by atoms with E-state index in [1.54, 1.807) is 6.07 Å². The predicted octanol–water partition coefficient (Wildman–Crippen LogP) is 3.25. The van der Waals surface area contributed by atoms with Crippen molar-refractivity contribution in [2.24, 2.45) is 0 Å². The number of phenolic OH excluding ortho intramolecular Hbond substituents is 2. The first-order chi connectivity index (χ1) is 16.5. The quantitative estimate of drug-likeness (QED) is 0.270. The lowest BCUT2D eigenvalue weighted by Crippen LogP contribution is -2.44. The van der Waals surface area contributed by atoms with Gasteiger partial charge in [-0.3, -0.25) is 9.59 Å². The Balaban J connectivity index is 1.83. The Hall–Kier alpha value is -3.66. The van der Waals surface area contributed by atoms with Gasteiger partial charge in [0, 0.05) is 22.4 Å². The van der Waals surface area contributed by atoms with Crippen LogP contribution in [0.4, 0.5) is 0 Å². The summed E-state index contributed by atoms with van der Waals surface area (Å²) >= 11 is 0. The number of Topliss-reactive ketones (excluding diaryl/α,β-unsaturated/α-hetero) is 2. The fourth-order valence-electron chi connectivity index (χ4n) is 5.10. The van der Waals surface area contributed by atoms with Crippen molar-refractivity contribution in [3.05, 3.63) is 58.5 Å². The maximum Gasteiger partial charge on any atom is 0.163 e. The molecule has 0 radical (unpaired) electrons. The van der Waals surface area contributed by atoms with Crippen LogP contribution >= 0.6 is 0 Å². The van der Waals surface area contributed by atoms with Gasteiger partial charge < -0.3 is 34.4 Å². The molecule has 2 aromatic heterocycles. The molecule has 35 heavy (non-hydrogen) atoms. The Kier molecular flexibility index (Phi) is 5.06. The number of benzene rings is 2. The van der Waals surface area contributed by atoms with Crippen LogP contribution in [0.25, 0.3) is 21.9 Å². The molecule has 182 valence electrons. The Morgan fingerprint density at radius 3 is 2.14 bits per heavy atom. The molecule has 1 aliphatic carbocycles. The number of fused-ring (bicyclic) bond motifs is 4. The van der Waals surface area contributed by atoms with Gasteiger partial charge in [-0.15, -0.1) is 0 Å². The fourth-order valence-corrected chi connectivity index (χ4v) is 5.10. The third-order valence-corrected chi connectivity index (χ3v) is 7.07. The van der Waals surface area contributed by atoms with Crippen LogP contribution in [0.2, 0.25) is 0 Å². The van der Waals surface area contributed by atoms with E-state index < -0.39 is 24.2 Å². The summed E-state index contributed by atoms with van der Waals surface area (Å²) in [5, 5.41) is 53.5. The molecule has 0 bridgehead atoms. The van der Waals surface area contributed by atoms with E-state index in [0.717, 1.165) is 0 Å². The molecule has 0 unspecified atom stereocenters. The van der Waals surface area contributed by atoms with Crippen LogP contribution in [0.3, 0.4) is 0 Å². The number of hydrogen-bond acceptors (Lipinski definition) is 9. The van der Waals surface area contributed by atoms with Gasteiger partial charge >= 0.3 is 0 Å². The van der Waals surface area contributed by atoms with Crippen LogP contribution in [-0.2, 0) is 11.0 Å². The molecule has 0 spiro atoms. The summed E-state index contributed by atoms with van der Waals surface area (Å²) in [4.78, 5) is 23.8. The van der Waals surface area contributed by atoms with E-state index in [1.165, 1.54) is 38.1 Å². The zero-order valence-electron chi connectivity index (χ0n) is 19.1. The molecule has 0 saturated carbocycles. The minimum Gasteiger partial charge on any atom is -0.507 e. The molecular weight excluding hydrogens is 456 g/mol. The van der Waals surface area contributed by atoms with Crippen molar-refractivity contribution in [3.63, 3.8) is 0 Å². The van der Waals surface area contributed by atoms with E-state index in [4.69, 9.17) is 8.83 Å². The first kappa shape index (κ1) is 23.1. The van der Waals surface area contributed by atoms with Crippen molar-refractivity contribution < 1.29 is 44.0 Å². The van der Waals surface area contributed by atoms with E-state index in [-0.39, 0.29) is 69.7 Å². The van der Waals surface area contributed by atoms with Gasteiger partial charge in [0.25, 0.3) is 0 Å². The maximum absolute atomic E-state index is 12.0. The summed E-state index contributed by atoms with van der Waals surface area (Å²) in [5.74, 6) is -0.951. The topological polar surface area (TPSA) is 162 Å². The number of phenols is 2. The van der Waals surface area contributed by atoms with Gasteiger partial charge in [0.15, 0.2) is 11.6 Å². The van der Waals surface area contributed by atoms with Crippen LogP contribution in [-0.4, -0.2) is 50.3 Å². The van der Waals surface area contributed by atoms with Gasteiger partial charge in [-0.2, -0.15) is 0 Å². The number of ketones is 2. The Morgan fingerprint density at radius 1 is 0.857 bits per heavy atom. The van der Waals surface area contributed by atoms with Crippen LogP contribution in [0.15, 0.2) is 39.2 Å². The summed E-state index contributed by atoms with van der Waals surface area (Å²) in [6, 6.07) is 7.17. The predicted molar refractivity (Wildman–Crippen MR) is 124 cm³/mol. The van der Waals surface area contributed by atoms with Crippen LogP contribution < -0.4 is 0 Å². The van der Waals surface area contributed by atoms with Crippen molar-refractivity contribution in [2.45, 2.75) is 37.7 Å². The number of rotatable bonds is 5. The van der Waals surface area contributed by atoms with Crippen LogP contribution in [0, 0.1) is 0 Å². The van der Waals surface area contributed by atoms with Crippen molar-refractivity contribution >= 4 is 33.5 Å². The summed E-state index contributed by atoms with van der Waals surface area (Å²) in [7, 11) is 0. The van der Waals surface area contributed by atoms with E-state index in [1.807, 2.05) is 0 Å². The van der Waals surface area contributed by atoms with Gasteiger partial charge in [0.05, 0.1) is 29.8 Å². The average molecular weight is 480 g/mol. The molecule has 5 rings (SSSR count). The molecule has 0 aliphatic heterocycles. The fraction of sp³-hybridized carbons (Fsp3) is 0.308. The molecule has 0 amide bonds. The Bertz CT molecular complexity index is 1530. The number of furan rings is 2. The molecule has 0 fully saturated rings. The minimum atomic E-state index is -1.76. The van der Waals surface area contributed by atoms with Gasteiger partial charge in [-0.1, -0.05) is 0 Å². The number of hydrogen-bond donors (Lipinski definition) is 5. The summed E-state index contributed by atoms with van der Waals surface area (Å²) in [6.45, 7) is 1.50. The number of carbonyl (C=O) groups excluding carboxylic acids is 2. The third kappa shape index (κ3) is 3.19. The lowest BCUT2D eigenvalue weighted by molar-refractivity contribution is -0.0588. The standard InChI is InChI=1S/C26H24O9/c1-12(29)15-5-14-6-22(34-20(14)9-19(15)32)25(10-27)3-4-26(33,11-28)24-23(25)17-7-18(31)16(13(2)30)8-21(17)35-24/h5-9,27-28,31-33H,3-4,10-11H2,1-2H3/t25-,26+/m0/s1. The second kappa shape index (κ2) is 7.67. The average Bonchev–Trinajstić information content (AvgIpc) is 3.40. The summed E-state index contributed by atoms with van der Waals surface area (Å²) < 4.78 is 12.0. The molecule has 0 saturated heterocycles. The van der Waals surface area contributed by atoms with Gasteiger partial charge in [0.1, 0.15) is 39.8 Å². The smallest absolute Gasteiger partial charge is 0.163 e. The largest absolute Gasteiger partial charge is 0.507 e. The van der Waals surface area contributed by atoms with Gasteiger partial charge in [-0.05, 0) is 51.0 Å². The number of carbonyl (C=O) groups is 2. The molecule has 4 aromatic rings. The zero-order chi connectivity index (χ0) is 25.3. The zero-order valence-corrected chi connectivity index (χ0v) is 19.1. The maximum atomic E-state index is 12.0. The van der Waals surface area contributed by atoms with E-state index in [0.29, 0.717) is 16.3 Å². The first-order valence-electron chi connectivity index (χ1n) is 11.1. The normalized spacial score (nSPS) is 22.0. The van der Waals surface area contributed by atoms with Gasteiger partial charge in [0.2, 0.25) is 0 Å². The Labute approximate surface area is 198 Å². The monoisotopic (exact) mass is 480 g/mol. The van der Waals surface area contributed by atoms with Crippen LogP contribution in [0.1, 0.15) is 64.5 Å². The molecule has 2 heterocycles. The SMILES string of the molecule is CC(=O)c1cc2cc([C@@]3(CO)CC[C@@](O)(CO)c4oc5cc(C(C)=O)c(O)cc5c43)oc2cc1O. The lowest BCUT2D eigenvalue weighted by atomic mass is 9.66. The van der Waals surface area contributed by atoms with E-state index >= 15 is 0 Å². The minimum absolute atomic E-state index is 0.00290. The number of aliphatic hydroxyl groups is 3. The molecule has 5 N–H and O–H groups in total. The van der Waals surface area contributed by atoms with Crippen molar-refractivity contribution in [1.29, 1.82) is 0 Å². The van der Waals surface area contributed by atoms with E-state index in [2.05, 4.69) is 0 Å². The molecule has 9 nitrogen and oxygen atoms in total. The van der Waals surface area contributed by atoms with E-state index in [9.17, 15) is 35.1 Å². The highest BCUT2D eigenvalue weighted by atomic mass is 16.4. The summed E-state index contributed by atoms with van der Waals surface area (Å²) in [6.07, 6.45) is 0.159. The Morgan fingerprint density at radius 2 is 1.51 bits per heavy atom. The third-order valence-electron chi connectivity index (χ3n) is 7.07. The van der Waals surface area contributed by atoms with Gasteiger partial charge in [-0.25, -0.2) is 0 Å². The second-order valence-electron chi connectivity index (χ2n) is 9.23. The highest BCUT2D eigenvalue weighted by Crippen LogP contribution is 2.53. The summed E-state index contributed by atoms with van der Waals surface area (Å²) in [5.41, 5.74) is -2.06. The number of aromatic hydroxyl groups is 2. The lowest BCUT2D eigenvalue weighted by Gasteiger charge is -2.40. The highest BCUT2D eigenvalue weighted by Gasteiger charge is 2.52. The number of aliphatic hydroxyl groups excluding tert-OH is 2. The molecule has 2 atom stereocenters. The van der Waals surface area contributed by atoms with Crippen molar-refractivity contribution in [3.8, 4) is 11.5 Å². The highest BCUT2D eigenvalue weighted by molar-refractivity contribution is 6.02. The first-order valence-corrected chi connectivity index (χ1v) is 11.1. The van der Waals surface area contributed by atoms with Crippen LogP contribution in [0.5, 0.6) is 11.5 Å². The van der Waals surface area contributed by atoms with Crippen molar-refractivity contribution in [1.82, 2.24) is 0 Å². The molecular formula is C26H24O9. The second-order valence-corrected chi connectivity index (χ2v) is 9.23. The molecule has 1 aliphatic rings. The van der Waals surface area contributed by atoms with Crippen molar-refractivity contribution in [2.75, 3.05) is 13.2 Å². The molecule has 9 heteroatoms. The molecule has 2 aromatic carbocycles.